The fourth-order valence-corrected chi connectivity index (χ4v) is 1.96. The van der Waals surface area contributed by atoms with Gasteiger partial charge in [0.2, 0.25) is 0 Å². The molecule has 0 saturated carbocycles. The van der Waals surface area contributed by atoms with Crippen molar-refractivity contribution < 1.29 is 38.7 Å². The van der Waals surface area contributed by atoms with E-state index < -0.39 is 0 Å². The highest BCUT2D eigenvalue weighted by Gasteiger charge is 2.07. The lowest BCUT2D eigenvalue weighted by Gasteiger charge is -2.10. The number of ether oxygens (including phenoxy) is 1. The lowest BCUT2D eigenvalue weighted by atomic mass is 10.4. The molecule has 0 aliphatic rings. The summed E-state index contributed by atoms with van der Waals surface area (Å²) in [5, 5.41) is 0. The second kappa shape index (κ2) is 10.3. The number of anilines is 2. The molecule has 0 saturated heterocycles. The maximum absolute atomic E-state index is 5.76. The van der Waals surface area contributed by atoms with Crippen molar-refractivity contribution in [3.63, 3.8) is 0 Å². The highest BCUT2D eigenvalue weighted by molar-refractivity contribution is 5.40. The summed E-state index contributed by atoms with van der Waals surface area (Å²) in [6.45, 7) is 1.06. The van der Waals surface area contributed by atoms with Gasteiger partial charge < -0.3 is 34.6 Å². The van der Waals surface area contributed by atoms with Gasteiger partial charge in [-0.2, -0.15) is 9.13 Å². The van der Waals surface area contributed by atoms with Crippen LogP contribution in [0.1, 0.15) is 0 Å². The van der Waals surface area contributed by atoms with E-state index in [-0.39, 0.29) is 24.8 Å². The summed E-state index contributed by atoms with van der Waals surface area (Å²) in [7, 11) is 8.12. The second-order valence-electron chi connectivity index (χ2n) is 5.40. The molecule has 0 amide bonds. The van der Waals surface area contributed by atoms with Crippen molar-refractivity contribution in [2.45, 2.75) is 13.5 Å². The zero-order valence-electron chi connectivity index (χ0n) is 14.0. The minimum absolute atomic E-state index is 0. The Morgan fingerprint density at radius 3 is 1.52 bits per heavy atom. The molecule has 0 fully saturated rings. The zero-order valence-corrected chi connectivity index (χ0v) is 15.5. The number of hydrogen-bond acceptors (Lipinski definition) is 3. The van der Waals surface area contributed by atoms with Crippen LogP contribution in [0.2, 0.25) is 0 Å². The van der Waals surface area contributed by atoms with Crippen LogP contribution in [0.4, 0.5) is 11.4 Å². The van der Waals surface area contributed by atoms with Crippen LogP contribution >= 0.6 is 0 Å². The summed E-state index contributed by atoms with van der Waals surface area (Å²) in [5.74, 6) is 0. The molecule has 0 radical (unpaired) electrons. The number of rotatable bonds is 6. The molecule has 0 aliphatic carbocycles. The average molecular weight is 359 g/mol. The van der Waals surface area contributed by atoms with E-state index in [4.69, 9.17) is 4.74 Å². The number of hydrogen-bond donors (Lipinski definition) is 0. The van der Waals surface area contributed by atoms with Gasteiger partial charge in [0, 0.05) is 40.3 Å². The average Bonchev–Trinajstić information content (AvgIpc) is 2.48. The van der Waals surface area contributed by atoms with E-state index in [2.05, 4.69) is 34.3 Å². The Labute approximate surface area is 150 Å². The first-order valence-corrected chi connectivity index (χ1v) is 6.97. The van der Waals surface area contributed by atoms with Gasteiger partial charge in [0.25, 0.3) is 13.5 Å². The van der Waals surface area contributed by atoms with Gasteiger partial charge in [-0.1, -0.05) is 0 Å². The fraction of sp³-hybridized carbons (Fsp3) is 0.375. The minimum Gasteiger partial charge on any atom is -1.00 e. The molecule has 0 bridgehead atoms. The Balaban J connectivity index is 0.00000242. The molecule has 2 aromatic rings. The SMILES string of the molecule is CN(C)c1ccc[n+](COC[n+]2cccc(N(C)C)c2)c1.[Cl-].[Cl-]. The summed E-state index contributed by atoms with van der Waals surface area (Å²) in [4.78, 5) is 4.15. The van der Waals surface area contributed by atoms with Gasteiger partial charge in [0.05, 0.1) is 0 Å². The molecule has 2 heterocycles. The Morgan fingerprint density at radius 1 is 0.783 bits per heavy atom. The maximum Gasteiger partial charge on any atom is 0.257 e. The number of aromatic nitrogens is 2. The quantitative estimate of drug-likeness (QED) is 0.483. The molecule has 2 rings (SSSR count). The van der Waals surface area contributed by atoms with Crippen molar-refractivity contribution in [1.29, 1.82) is 0 Å². The van der Waals surface area contributed by atoms with Gasteiger partial charge in [-0.05, 0) is 12.1 Å². The maximum atomic E-state index is 5.76. The summed E-state index contributed by atoms with van der Waals surface area (Å²) >= 11 is 0. The Bertz CT molecular complexity index is 542. The molecule has 0 aromatic carbocycles. The molecule has 0 atom stereocenters. The first-order valence-electron chi connectivity index (χ1n) is 6.97. The number of pyridine rings is 2. The third-order valence-corrected chi connectivity index (χ3v) is 3.20. The van der Waals surface area contributed by atoms with Crippen LogP contribution in [0.3, 0.4) is 0 Å². The molecule has 23 heavy (non-hydrogen) atoms. The highest BCUT2D eigenvalue weighted by atomic mass is 35.5. The standard InChI is InChI=1S/C16H24N4O.2ClH/c1-17(2)15-7-5-9-19(11-15)13-21-14-20-10-6-8-16(12-20)18(3)4;;/h5-12H,13-14H2,1-4H3;2*1H/q+2;;/p-2. The summed E-state index contributed by atoms with van der Waals surface area (Å²) in [5.41, 5.74) is 2.31. The van der Waals surface area contributed by atoms with E-state index in [0.717, 1.165) is 11.4 Å². The van der Waals surface area contributed by atoms with Gasteiger partial charge in [0.15, 0.2) is 24.8 Å². The zero-order chi connectivity index (χ0) is 15.2. The summed E-state index contributed by atoms with van der Waals surface area (Å²) in [6.07, 6.45) is 8.16. The van der Waals surface area contributed by atoms with Crippen LogP contribution in [0.5, 0.6) is 0 Å². The highest BCUT2D eigenvalue weighted by Crippen LogP contribution is 2.06. The third-order valence-electron chi connectivity index (χ3n) is 3.20. The first kappa shape index (κ1) is 21.4. The van der Waals surface area contributed by atoms with Gasteiger partial charge in [-0.15, -0.1) is 0 Å². The molecule has 5 nitrogen and oxygen atoms in total. The van der Waals surface area contributed by atoms with Gasteiger partial charge >= 0.3 is 0 Å². The number of nitrogens with zero attached hydrogens (tertiary/aromatic N) is 4. The monoisotopic (exact) mass is 358 g/mol. The predicted molar refractivity (Wildman–Crippen MR) is 83.0 cm³/mol. The van der Waals surface area contributed by atoms with Crippen molar-refractivity contribution in [2.24, 2.45) is 0 Å². The third kappa shape index (κ3) is 6.60. The van der Waals surface area contributed by atoms with Crippen molar-refractivity contribution >= 4 is 11.4 Å². The lowest BCUT2D eigenvalue weighted by Crippen LogP contribution is -3.00. The molecule has 7 heteroatoms. The Morgan fingerprint density at radius 2 is 1.17 bits per heavy atom. The minimum atomic E-state index is 0. The normalized spacial score (nSPS) is 9.57. The van der Waals surface area contributed by atoms with Crippen LogP contribution in [0, 0.1) is 0 Å². The van der Waals surface area contributed by atoms with E-state index in [0.29, 0.717) is 13.5 Å². The van der Waals surface area contributed by atoms with Crippen LogP contribution in [-0.2, 0) is 18.2 Å². The molecule has 0 unspecified atom stereocenters. The second-order valence-corrected chi connectivity index (χ2v) is 5.40. The summed E-state index contributed by atoms with van der Waals surface area (Å²) in [6, 6.07) is 8.20. The van der Waals surface area contributed by atoms with Crippen LogP contribution < -0.4 is 43.7 Å². The van der Waals surface area contributed by atoms with Crippen LogP contribution in [-0.4, -0.2) is 28.2 Å². The van der Waals surface area contributed by atoms with E-state index in [9.17, 15) is 0 Å². The predicted octanol–water partition coefficient (Wildman–Crippen LogP) is -4.97. The van der Waals surface area contributed by atoms with E-state index in [1.165, 1.54) is 0 Å². The van der Waals surface area contributed by atoms with Gasteiger partial charge in [-0.25, -0.2) is 0 Å². The van der Waals surface area contributed by atoms with Crippen molar-refractivity contribution in [3.05, 3.63) is 49.1 Å². The number of halogens is 2. The Kier molecular flexibility index (Phi) is 9.56. The molecule has 0 N–H and O–H groups in total. The van der Waals surface area contributed by atoms with Gasteiger partial charge in [-0.3, -0.25) is 4.74 Å². The van der Waals surface area contributed by atoms with E-state index in [1.807, 2.05) is 61.9 Å². The molecular formula is C16H24Cl2N4O. The van der Waals surface area contributed by atoms with Gasteiger partial charge in [0.1, 0.15) is 11.4 Å². The summed E-state index contributed by atoms with van der Waals surface area (Å²) < 4.78 is 9.83. The molecular weight excluding hydrogens is 335 g/mol. The first-order chi connectivity index (χ1) is 10.1. The van der Waals surface area contributed by atoms with Crippen molar-refractivity contribution in [2.75, 3.05) is 38.0 Å². The topological polar surface area (TPSA) is 23.5 Å². The van der Waals surface area contributed by atoms with E-state index in [1.54, 1.807) is 0 Å². The lowest BCUT2D eigenvalue weighted by molar-refractivity contribution is -0.788. The van der Waals surface area contributed by atoms with Crippen LogP contribution in [0.15, 0.2) is 49.1 Å². The van der Waals surface area contributed by atoms with Crippen LogP contribution in [0.25, 0.3) is 0 Å². The molecule has 2 aromatic heterocycles. The molecule has 0 aliphatic heterocycles. The van der Waals surface area contributed by atoms with E-state index >= 15 is 0 Å². The Hall–Kier alpha value is -1.56. The smallest absolute Gasteiger partial charge is 0.257 e. The van der Waals surface area contributed by atoms with Crippen molar-refractivity contribution in [1.82, 2.24) is 0 Å². The largest absolute Gasteiger partial charge is 1.00 e. The molecule has 0 spiro atoms. The van der Waals surface area contributed by atoms with Crippen molar-refractivity contribution in [3.8, 4) is 0 Å². The fourth-order valence-electron chi connectivity index (χ4n) is 1.96. The molecule has 128 valence electrons.